The van der Waals surface area contributed by atoms with Crippen molar-refractivity contribution < 1.29 is 14.4 Å². The number of benzene rings is 1. The van der Waals surface area contributed by atoms with Gasteiger partial charge in [-0.3, -0.25) is 14.4 Å². The summed E-state index contributed by atoms with van der Waals surface area (Å²) >= 11 is 0. The molecule has 1 aliphatic carbocycles. The van der Waals surface area contributed by atoms with Gasteiger partial charge in [0.2, 0.25) is 12.2 Å². The van der Waals surface area contributed by atoms with Crippen molar-refractivity contribution in [2.45, 2.75) is 32.4 Å². The first-order valence-corrected chi connectivity index (χ1v) is 7.41. The Kier molecular flexibility index (Phi) is 5.27. The number of ketones is 1. The Balaban J connectivity index is 2.05. The molecule has 1 aliphatic rings. The van der Waals surface area contributed by atoms with Crippen molar-refractivity contribution in [2.75, 3.05) is 11.4 Å². The molecule has 0 aromatic heterocycles. The zero-order valence-corrected chi connectivity index (χ0v) is 12.6. The highest BCUT2D eigenvalue weighted by Crippen LogP contribution is 2.27. The molecule has 1 atom stereocenters. The standard InChI is InChI=1S/C16H21N3O3/c1-11(15(21)16(22)18-9-12-5-6-12)19(10-20)14-4-2-3-13(7-14)8-17/h2-4,7,10-12H,5-6,8-9,17H2,1H3,(H,18,22). The largest absolute Gasteiger partial charge is 0.349 e. The van der Waals surface area contributed by atoms with Gasteiger partial charge in [-0.1, -0.05) is 12.1 Å². The summed E-state index contributed by atoms with van der Waals surface area (Å²) in [6.07, 6.45) is 2.75. The number of carbonyl (C=O) groups excluding carboxylic acids is 3. The third-order valence-corrected chi connectivity index (χ3v) is 3.83. The van der Waals surface area contributed by atoms with Crippen LogP contribution in [-0.2, 0) is 20.9 Å². The first-order chi connectivity index (χ1) is 10.6. The molecule has 1 unspecified atom stereocenters. The van der Waals surface area contributed by atoms with Crippen LogP contribution >= 0.6 is 0 Å². The average molecular weight is 303 g/mol. The van der Waals surface area contributed by atoms with Gasteiger partial charge in [0.05, 0.1) is 0 Å². The minimum atomic E-state index is -0.857. The summed E-state index contributed by atoms with van der Waals surface area (Å²) in [5.74, 6) is -0.761. The number of hydrogen-bond donors (Lipinski definition) is 2. The maximum absolute atomic E-state index is 12.2. The van der Waals surface area contributed by atoms with Gasteiger partial charge < -0.3 is 16.0 Å². The van der Waals surface area contributed by atoms with E-state index in [-0.39, 0.29) is 0 Å². The third-order valence-electron chi connectivity index (χ3n) is 3.83. The normalized spacial score (nSPS) is 15.0. The fourth-order valence-electron chi connectivity index (χ4n) is 2.18. The zero-order valence-electron chi connectivity index (χ0n) is 12.6. The van der Waals surface area contributed by atoms with Gasteiger partial charge in [-0.15, -0.1) is 0 Å². The van der Waals surface area contributed by atoms with E-state index in [2.05, 4.69) is 5.32 Å². The lowest BCUT2D eigenvalue weighted by Gasteiger charge is -2.24. The molecule has 0 saturated heterocycles. The zero-order chi connectivity index (χ0) is 16.1. The van der Waals surface area contributed by atoms with E-state index in [1.807, 2.05) is 6.07 Å². The number of amides is 2. The van der Waals surface area contributed by atoms with Crippen LogP contribution < -0.4 is 16.0 Å². The van der Waals surface area contributed by atoms with Crippen molar-refractivity contribution in [2.24, 2.45) is 11.7 Å². The first-order valence-electron chi connectivity index (χ1n) is 7.41. The molecule has 118 valence electrons. The molecule has 2 rings (SSSR count). The highest BCUT2D eigenvalue weighted by molar-refractivity contribution is 6.39. The second kappa shape index (κ2) is 7.17. The van der Waals surface area contributed by atoms with Gasteiger partial charge in [-0.25, -0.2) is 0 Å². The summed E-state index contributed by atoms with van der Waals surface area (Å²) in [4.78, 5) is 36.6. The fourth-order valence-corrected chi connectivity index (χ4v) is 2.18. The molecule has 22 heavy (non-hydrogen) atoms. The van der Waals surface area contributed by atoms with Gasteiger partial charge in [-0.2, -0.15) is 0 Å². The van der Waals surface area contributed by atoms with Crippen LogP contribution in [0.5, 0.6) is 0 Å². The van der Waals surface area contributed by atoms with Crippen LogP contribution in [0.15, 0.2) is 24.3 Å². The van der Waals surface area contributed by atoms with E-state index in [0.717, 1.165) is 18.4 Å². The maximum atomic E-state index is 12.2. The molecule has 0 bridgehead atoms. The lowest BCUT2D eigenvalue weighted by Crippen LogP contribution is -2.46. The molecule has 2 amide bonds. The van der Waals surface area contributed by atoms with Gasteiger partial charge in [0.25, 0.3) is 5.91 Å². The van der Waals surface area contributed by atoms with Gasteiger partial charge in [0.1, 0.15) is 6.04 Å². The van der Waals surface area contributed by atoms with Crippen LogP contribution in [0.1, 0.15) is 25.3 Å². The van der Waals surface area contributed by atoms with Gasteiger partial charge in [0, 0.05) is 18.8 Å². The van der Waals surface area contributed by atoms with Gasteiger partial charge in [-0.05, 0) is 43.4 Å². The Labute approximate surface area is 129 Å². The fraction of sp³-hybridized carbons (Fsp3) is 0.438. The summed E-state index contributed by atoms with van der Waals surface area (Å²) in [6, 6.07) is 6.18. The van der Waals surface area contributed by atoms with Crippen LogP contribution in [0.2, 0.25) is 0 Å². The van der Waals surface area contributed by atoms with Crippen molar-refractivity contribution in [3.8, 4) is 0 Å². The third kappa shape index (κ3) is 3.92. The summed E-state index contributed by atoms with van der Waals surface area (Å²) < 4.78 is 0. The number of carbonyl (C=O) groups is 3. The van der Waals surface area contributed by atoms with Crippen LogP contribution in [0, 0.1) is 5.92 Å². The molecule has 0 spiro atoms. The Morgan fingerprint density at radius 1 is 1.45 bits per heavy atom. The minimum absolute atomic E-state index is 0.338. The van der Waals surface area contributed by atoms with E-state index in [1.165, 1.54) is 4.90 Å². The van der Waals surface area contributed by atoms with E-state index in [4.69, 9.17) is 5.73 Å². The molecular formula is C16H21N3O3. The summed E-state index contributed by atoms with van der Waals surface area (Å²) in [7, 11) is 0. The highest BCUT2D eigenvalue weighted by atomic mass is 16.2. The smallest absolute Gasteiger partial charge is 0.289 e. The SMILES string of the molecule is CC(C(=O)C(=O)NCC1CC1)N(C=O)c1cccc(CN)c1. The Morgan fingerprint density at radius 2 is 2.18 bits per heavy atom. The molecule has 1 saturated carbocycles. The number of rotatable bonds is 8. The predicted octanol–water partition coefficient (Wildman–Crippen LogP) is 0.592. The Hall–Kier alpha value is -2.21. The van der Waals surface area contributed by atoms with Crippen LogP contribution in [-0.4, -0.2) is 30.7 Å². The number of nitrogens with one attached hydrogen (secondary N) is 1. The second-order valence-corrected chi connectivity index (χ2v) is 5.58. The Bertz CT molecular complexity index is 570. The van der Waals surface area contributed by atoms with E-state index < -0.39 is 17.7 Å². The average Bonchev–Trinajstić information content (AvgIpc) is 3.37. The lowest BCUT2D eigenvalue weighted by molar-refractivity contribution is -0.138. The molecule has 0 heterocycles. The summed E-state index contributed by atoms with van der Waals surface area (Å²) in [6.45, 7) is 2.41. The van der Waals surface area contributed by atoms with Gasteiger partial charge in [0.15, 0.2) is 0 Å². The van der Waals surface area contributed by atoms with Crippen molar-refractivity contribution in [1.29, 1.82) is 0 Å². The van der Waals surface area contributed by atoms with E-state index in [9.17, 15) is 14.4 Å². The first kappa shape index (κ1) is 16.2. The number of hydrogen-bond acceptors (Lipinski definition) is 4. The van der Waals surface area contributed by atoms with Gasteiger partial charge >= 0.3 is 0 Å². The molecule has 1 fully saturated rings. The van der Waals surface area contributed by atoms with Crippen LogP contribution in [0.25, 0.3) is 0 Å². The van der Waals surface area contributed by atoms with E-state index in [1.54, 1.807) is 25.1 Å². The van der Waals surface area contributed by atoms with Crippen LogP contribution in [0.4, 0.5) is 5.69 Å². The number of nitrogens with zero attached hydrogens (tertiary/aromatic N) is 1. The highest BCUT2D eigenvalue weighted by Gasteiger charge is 2.29. The monoisotopic (exact) mass is 303 g/mol. The number of anilines is 1. The topological polar surface area (TPSA) is 92.5 Å². The quantitative estimate of drug-likeness (QED) is 0.543. The molecule has 0 radical (unpaired) electrons. The molecule has 1 aromatic carbocycles. The Morgan fingerprint density at radius 3 is 2.77 bits per heavy atom. The molecular weight excluding hydrogens is 282 g/mol. The molecule has 3 N–H and O–H groups in total. The lowest BCUT2D eigenvalue weighted by atomic mass is 10.1. The molecule has 6 heteroatoms. The maximum Gasteiger partial charge on any atom is 0.289 e. The van der Waals surface area contributed by atoms with Crippen molar-refractivity contribution >= 4 is 23.8 Å². The minimum Gasteiger partial charge on any atom is -0.349 e. The van der Waals surface area contributed by atoms with Crippen molar-refractivity contribution in [1.82, 2.24) is 5.32 Å². The predicted molar refractivity (Wildman–Crippen MR) is 83.1 cm³/mol. The summed E-state index contributed by atoms with van der Waals surface area (Å²) in [5.41, 5.74) is 6.98. The number of nitrogens with two attached hydrogens (primary N) is 1. The van der Waals surface area contributed by atoms with Crippen molar-refractivity contribution in [3.05, 3.63) is 29.8 Å². The second-order valence-electron chi connectivity index (χ2n) is 5.58. The molecule has 1 aromatic rings. The van der Waals surface area contributed by atoms with E-state index >= 15 is 0 Å². The number of Topliss-reactive ketones (excluding diaryl/α,β-unsaturated/α-hetero) is 1. The molecule has 0 aliphatic heterocycles. The molecule has 6 nitrogen and oxygen atoms in total. The van der Waals surface area contributed by atoms with Crippen molar-refractivity contribution in [3.63, 3.8) is 0 Å². The van der Waals surface area contributed by atoms with Crippen LogP contribution in [0.3, 0.4) is 0 Å². The summed E-state index contributed by atoms with van der Waals surface area (Å²) in [5, 5.41) is 2.63. The van der Waals surface area contributed by atoms with E-state index in [0.29, 0.717) is 31.1 Å².